The van der Waals surface area contributed by atoms with Crippen LogP contribution < -0.4 is 4.90 Å². The summed E-state index contributed by atoms with van der Waals surface area (Å²) < 4.78 is 7.56. The first-order valence-electron chi connectivity index (χ1n) is 11.3. The predicted molar refractivity (Wildman–Crippen MR) is 125 cm³/mol. The van der Waals surface area contributed by atoms with E-state index in [-0.39, 0.29) is 0 Å². The van der Waals surface area contributed by atoms with Crippen molar-refractivity contribution in [2.45, 2.75) is 39.7 Å². The Morgan fingerprint density at radius 1 is 1.19 bits per heavy atom. The highest BCUT2D eigenvalue weighted by Crippen LogP contribution is 2.41. The zero-order valence-electron chi connectivity index (χ0n) is 18.4. The van der Waals surface area contributed by atoms with Crippen LogP contribution in [0, 0.1) is 12.3 Å². The molecule has 2 aliphatic rings. The van der Waals surface area contributed by atoms with Crippen LogP contribution in [0.4, 0.5) is 5.82 Å². The third kappa shape index (κ3) is 3.08. The number of halogens is 1. The van der Waals surface area contributed by atoms with Gasteiger partial charge in [0.1, 0.15) is 5.52 Å². The molecule has 4 aromatic rings. The molecule has 3 aromatic heterocycles. The Kier molecular flexibility index (Phi) is 4.62. The fourth-order valence-electron chi connectivity index (χ4n) is 5.10. The molecule has 0 amide bonds. The Balaban J connectivity index is 1.35. The monoisotopic (exact) mass is 451 g/mol. The predicted octanol–water partition coefficient (Wildman–Crippen LogP) is 4.36. The number of aromatic amines is 1. The van der Waals surface area contributed by atoms with Crippen molar-refractivity contribution in [3.05, 3.63) is 29.0 Å². The Morgan fingerprint density at radius 2 is 2.03 bits per heavy atom. The van der Waals surface area contributed by atoms with Gasteiger partial charge in [-0.25, -0.2) is 9.97 Å². The van der Waals surface area contributed by atoms with Gasteiger partial charge >= 0.3 is 0 Å². The van der Waals surface area contributed by atoms with Crippen LogP contribution in [0.2, 0.25) is 5.02 Å². The molecule has 1 spiro atoms. The summed E-state index contributed by atoms with van der Waals surface area (Å²) in [5, 5.41) is 13.7. The van der Waals surface area contributed by atoms with Crippen molar-refractivity contribution in [2.24, 2.45) is 5.41 Å². The van der Waals surface area contributed by atoms with Gasteiger partial charge in [-0.2, -0.15) is 10.2 Å². The minimum absolute atomic E-state index is 0.364. The molecule has 2 aliphatic heterocycles. The van der Waals surface area contributed by atoms with Crippen LogP contribution >= 0.6 is 11.6 Å². The molecule has 1 aromatic carbocycles. The fourth-order valence-corrected chi connectivity index (χ4v) is 5.40. The summed E-state index contributed by atoms with van der Waals surface area (Å²) in [5.41, 5.74) is 5.17. The van der Waals surface area contributed by atoms with Crippen LogP contribution in [0.5, 0.6) is 0 Å². The second kappa shape index (κ2) is 7.42. The van der Waals surface area contributed by atoms with Gasteiger partial charge in [0.2, 0.25) is 5.65 Å². The molecule has 5 heterocycles. The van der Waals surface area contributed by atoms with Crippen molar-refractivity contribution >= 4 is 39.5 Å². The highest BCUT2D eigenvalue weighted by Gasteiger charge is 2.38. The number of fused-ring (bicyclic) bond motifs is 2. The molecular weight excluding hydrogens is 426 g/mol. The second-order valence-electron chi connectivity index (χ2n) is 9.04. The molecule has 6 rings (SSSR count). The molecule has 8 nitrogen and oxygen atoms in total. The van der Waals surface area contributed by atoms with E-state index in [0.717, 1.165) is 84.9 Å². The summed E-state index contributed by atoms with van der Waals surface area (Å²) in [6, 6.07) is 3.96. The molecule has 0 bridgehead atoms. The number of aryl methyl sites for hydroxylation is 2. The van der Waals surface area contributed by atoms with Crippen LogP contribution in [0.1, 0.15) is 31.9 Å². The molecule has 0 unspecified atom stereocenters. The van der Waals surface area contributed by atoms with E-state index in [2.05, 4.69) is 27.1 Å². The first kappa shape index (κ1) is 19.9. The van der Waals surface area contributed by atoms with Crippen molar-refractivity contribution in [2.75, 3.05) is 31.2 Å². The summed E-state index contributed by atoms with van der Waals surface area (Å²) in [4.78, 5) is 12.2. The average molecular weight is 452 g/mol. The molecule has 9 heteroatoms. The van der Waals surface area contributed by atoms with Crippen molar-refractivity contribution < 1.29 is 4.74 Å². The maximum absolute atomic E-state index is 6.79. The van der Waals surface area contributed by atoms with Gasteiger partial charge in [-0.3, -0.25) is 9.78 Å². The Labute approximate surface area is 190 Å². The normalized spacial score (nSPS) is 18.4. The third-order valence-electron chi connectivity index (χ3n) is 7.11. The smallest absolute Gasteiger partial charge is 0.202 e. The van der Waals surface area contributed by atoms with E-state index in [1.807, 2.05) is 29.9 Å². The van der Waals surface area contributed by atoms with E-state index in [1.165, 1.54) is 6.42 Å². The zero-order chi connectivity index (χ0) is 21.9. The van der Waals surface area contributed by atoms with Crippen LogP contribution in [-0.4, -0.2) is 56.2 Å². The van der Waals surface area contributed by atoms with Gasteiger partial charge in [-0.15, -0.1) is 0 Å². The highest BCUT2D eigenvalue weighted by molar-refractivity contribution is 6.38. The van der Waals surface area contributed by atoms with Crippen molar-refractivity contribution in [3.63, 3.8) is 0 Å². The van der Waals surface area contributed by atoms with Crippen LogP contribution in [-0.2, 0) is 11.3 Å². The minimum Gasteiger partial charge on any atom is -0.381 e. The number of hydrogen-bond acceptors (Lipinski definition) is 6. The Bertz CT molecular complexity index is 1310. The fraction of sp³-hybridized carbons (Fsp3) is 0.478. The van der Waals surface area contributed by atoms with E-state index in [1.54, 1.807) is 0 Å². The van der Waals surface area contributed by atoms with Crippen molar-refractivity contribution in [1.82, 2.24) is 29.9 Å². The lowest BCUT2D eigenvalue weighted by molar-refractivity contribution is 0.133. The SMILES string of the molecule is CCn1cc2c(Cl)c(-c3[nH]nc4nc(N5CCC6(CCOC6)CC5)c(C)nc34)ccc2n1. The van der Waals surface area contributed by atoms with E-state index < -0.39 is 0 Å². The summed E-state index contributed by atoms with van der Waals surface area (Å²) in [6.45, 7) is 8.63. The zero-order valence-corrected chi connectivity index (χ0v) is 19.1. The summed E-state index contributed by atoms with van der Waals surface area (Å²) in [7, 11) is 0. The molecule has 2 saturated heterocycles. The summed E-state index contributed by atoms with van der Waals surface area (Å²) in [6.07, 6.45) is 5.43. The highest BCUT2D eigenvalue weighted by atomic mass is 35.5. The maximum atomic E-state index is 6.79. The molecule has 0 radical (unpaired) electrons. The van der Waals surface area contributed by atoms with Crippen molar-refractivity contribution in [1.29, 1.82) is 0 Å². The van der Waals surface area contributed by atoms with Crippen molar-refractivity contribution in [3.8, 4) is 11.3 Å². The van der Waals surface area contributed by atoms with Crippen LogP contribution in [0.15, 0.2) is 18.3 Å². The number of benzene rings is 1. The number of piperidine rings is 1. The van der Waals surface area contributed by atoms with Gasteiger partial charge in [0.05, 0.1) is 28.5 Å². The molecular formula is C23H26ClN7O. The maximum Gasteiger partial charge on any atom is 0.202 e. The number of ether oxygens (including phenoxy) is 1. The number of anilines is 1. The molecule has 32 heavy (non-hydrogen) atoms. The van der Waals surface area contributed by atoms with E-state index in [9.17, 15) is 0 Å². The lowest BCUT2D eigenvalue weighted by Crippen LogP contribution is -2.41. The number of nitrogens with zero attached hydrogens (tertiary/aromatic N) is 6. The standard InChI is InChI=1S/C23H26ClN7O/c1-3-31-12-16-17(29-31)5-4-15(18(16)24)19-20-21(28-27-19)26-22(14(2)25-20)30-9-6-23(7-10-30)8-11-32-13-23/h4-5,12H,3,6-11,13H2,1-2H3,(H,26,27,28). The van der Waals surface area contributed by atoms with E-state index >= 15 is 0 Å². The molecule has 0 aliphatic carbocycles. The van der Waals surface area contributed by atoms with Gasteiger partial charge < -0.3 is 9.64 Å². The van der Waals surface area contributed by atoms with Crippen LogP contribution in [0.3, 0.4) is 0 Å². The lowest BCUT2D eigenvalue weighted by Gasteiger charge is -2.39. The second-order valence-corrected chi connectivity index (χ2v) is 9.42. The van der Waals surface area contributed by atoms with E-state index in [4.69, 9.17) is 26.3 Å². The molecule has 1 N–H and O–H groups in total. The van der Waals surface area contributed by atoms with Gasteiger partial charge in [0.25, 0.3) is 0 Å². The molecule has 0 saturated carbocycles. The number of aromatic nitrogens is 6. The number of rotatable bonds is 3. The molecule has 2 fully saturated rings. The first-order chi connectivity index (χ1) is 15.6. The molecule has 0 atom stereocenters. The number of H-pyrrole nitrogens is 1. The minimum atomic E-state index is 0.364. The van der Waals surface area contributed by atoms with Crippen LogP contribution in [0.25, 0.3) is 33.3 Å². The average Bonchev–Trinajstić information content (AvgIpc) is 3.53. The summed E-state index contributed by atoms with van der Waals surface area (Å²) in [5.74, 6) is 0.926. The van der Waals surface area contributed by atoms with Gasteiger partial charge in [-0.05, 0) is 50.7 Å². The molecule has 166 valence electrons. The van der Waals surface area contributed by atoms with Gasteiger partial charge in [-0.1, -0.05) is 11.6 Å². The lowest BCUT2D eigenvalue weighted by atomic mass is 9.78. The Morgan fingerprint density at radius 3 is 2.78 bits per heavy atom. The number of hydrogen-bond donors (Lipinski definition) is 1. The Hall–Kier alpha value is -2.71. The first-order valence-corrected chi connectivity index (χ1v) is 11.7. The quantitative estimate of drug-likeness (QED) is 0.498. The van der Waals surface area contributed by atoms with Gasteiger partial charge in [0.15, 0.2) is 5.82 Å². The topological polar surface area (TPSA) is 84.8 Å². The summed E-state index contributed by atoms with van der Waals surface area (Å²) >= 11 is 6.79. The van der Waals surface area contributed by atoms with Gasteiger partial charge in [0, 0.05) is 43.4 Å². The largest absolute Gasteiger partial charge is 0.381 e. The third-order valence-corrected chi connectivity index (χ3v) is 7.52. The number of nitrogens with one attached hydrogen (secondary N) is 1. The van der Waals surface area contributed by atoms with E-state index in [0.29, 0.717) is 16.1 Å².